The Morgan fingerprint density at radius 3 is 3.15 bits per heavy atom. The maximum Gasteiger partial charge on any atom is 0.101 e. The minimum atomic E-state index is 0.557. The van der Waals surface area contributed by atoms with E-state index in [0.29, 0.717) is 23.1 Å². The molecule has 0 spiro atoms. The predicted octanol–water partition coefficient (Wildman–Crippen LogP) is 3.07. The fourth-order valence-corrected chi connectivity index (χ4v) is 2.29. The molecule has 108 valence electrons. The van der Waals surface area contributed by atoms with Gasteiger partial charge in [-0.25, -0.2) is 0 Å². The Morgan fingerprint density at radius 1 is 1.50 bits per heavy atom. The largest absolute Gasteiger partial charge is 0.384 e. The van der Waals surface area contributed by atoms with Gasteiger partial charge in [0.25, 0.3) is 0 Å². The van der Waals surface area contributed by atoms with Crippen LogP contribution < -0.4 is 5.32 Å². The average molecular weight is 295 g/mol. The molecule has 1 aromatic rings. The van der Waals surface area contributed by atoms with Crippen molar-refractivity contribution < 1.29 is 9.47 Å². The maximum atomic E-state index is 9.00. The van der Waals surface area contributed by atoms with Gasteiger partial charge >= 0.3 is 0 Å². The van der Waals surface area contributed by atoms with Crippen molar-refractivity contribution in [2.45, 2.75) is 12.8 Å². The molecule has 2 rings (SSSR count). The van der Waals surface area contributed by atoms with Crippen LogP contribution in [0.2, 0.25) is 5.02 Å². The van der Waals surface area contributed by atoms with E-state index >= 15 is 0 Å². The summed E-state index contributed by atoms with van der Waals surface area (Å²) in [4.78, 5) is 0. The van der Waals surface area contributed by atoms with E-state index in [9.17, 15) is 0 Å². The van der Waals surface area contributed by atoms with Gasteiger partial charge in [-0.05, 0) is 31.0 Å². The van der Waals surface area contributed by atoms with Crippen molar-refractivity contribution in [2.24, 2.45) is 5.92 Å². The van der Waals surface area contributed by atoms with Crippen LogP contribution in [-0.2, 0) is 9.47 Å². The lowest BCUT2D eigenvalue weighted by Gasteiger charge is -2.10. The number of nitrogens with one attached hydrogen (secondary N) is 1. The third-order valence-corrected chi connectivity index (χ3v) is 3.50. The molecule has 1 N–H and O–H groups in total. The summed E-state index contributed by atoms with van der Waals surface area (Å²) in [6, 6.07) is 7.36. The molecule has 5 heteroatoms. The van der Waals surface area contributed by atoms with Crippen molar-refractivity contribution in [3.05, 3.63) is 28.8 Å². The average Bonchev–Trinajstić information content (AvgIpc) is 2.96. The van der Waals surface area contributed by atoms with Gasteiger partial charge < -0.3 is 14.8 Å². The van der Waals surface area contributed by atoms with E-state index < -0.39 is 0 Å². The summed E-state index contributed by atoms with van der Waals surface area (Å²) in [7, 11) is 0. The molecule has 0 radical (unpaired) electrons. The first kappa shape index (κ1) is 15.1. The van der Waals surface area contributed by atoms with Gasteiger partial charge in [0.05, 0.1) is 24.5 Å². The number of rotatable bonds is 7. The Hall–Kier alpha value is -1.28. The molecule has 0 amide bonds. The molecule has 1 aliphatic rings. The minimum absolute atomic E-state index is 0.557. The molecule has 1 unspecified atom stereocenters. The third kappa shape index (κ3) is 4.68. The van der Waals surface area contributed by atoms with E-state index in [-0.39, 0.29) is 0 Å². The highest BCUT2D eigenvalue weighted by Crippen LogP contribution is 2.20. The van der Waals surface area contributed by atoms with Crippen LogP contribution in [0.3, 0.4) is 0 Å². The number of nitrogens with zero attached hydrogens (tertiary/aromatic N) is 1. The normalized spacial score (nSPS) is 17.9. The summed E-state index contributed by atoms with van der Waals surface area (Å²) in [5.74, 6) is 0.557. The molecule has 20 heavy (non-hydrogen) atoms. The molecule has 1 atom stereocenters. The first-order chi connectivity index (χ1) is 9.79. The van der Waals surface area contributed by atoms with E-state index in [1.54, 1.807) is 18.2 Å². The van der Waals surface area contributed by atoms with Gasteiger partial charge in [-0.2, -0.15) is 5.26 Å². The summed E-state index contributed by atoms with van der Waals surface area (Å²) in [5.41, 5.74) is 1.39. The molecular weight excluding hydrogens is 276 g/mol. The molecule has 0 bridgehead atoms. The minimum Gasteiger partial charge on any atom is -0.384 e. The zero-order valence-corrected chi connectivity index (χ0v) is 12.2. The summed E-state index contributed by atoms with van der Waals surface area (Å²) in [6.07, 6.45) is 2.00. The van der Waals surface area contributed by atoms with Crippen LogP contribution in [0.25, 0.3) is 0 Å². The number of anilines is 1. The molecule has 1 heterocycles. The lowest BCUT2D eigenvalue weighted by molar-refractivity contribution is 0.0897. The van der Waals surface area contributed by atoms with E-state index in [2.05, 4.69) is 11.4 Å². The van der Waals surface area contributed by atoms with Crippen LogP contribution >= 0.6 is 11.6 Å². The number of hydrogen-bond donors (Lipinski definition) is 1. The molecule has 1 aromatic carbocycles. The molecule has 1 aliphatic heterocycles. The molecule has 0 aliphatic carbocycles. The number of benzene rings is 1. The predicted molar refractivity (Wildman–Crippen MR) is 79.0 cm³/mol. The van der Waals surface area contributed by atoms with Crippen molar-refractivity contribution >= 4 is 17.3 Å². The molecule has 0 aromatic heterocycles. The molecular formula is C15H19ClN2O2. The maximum absolute atomic E-state index is 9.00. The zero-order chi connectivity index (χ0) is 14.2. The Bertz CT molecular complexity index is 467. The number of nitriles is 1. The smallest absolute Gasteiger partial charge is 0.101 e. The SMILES string of the molecule is N#Cc1ccc(Cl)cc1NCCCOCC1CCOC1. The van der Waals surface area contributed by atoms with Crippen LogP contribution in [0.1, 0.15) is 18.4 Å². The number of halogens is 1. The molecule has 0 saturated carbocycles. The third-order valence-electron chi connectivity index (χ3n) is 3.26. The van der Waals surface area contributed by atoms with Crippen LogP contribution in [0.5, 0.6) is 0 Å². The van der Waals surface area contributed by atoms with Crippen LogP contribution in [0.15, 0.2) is 18.2 Å². The van der Waals surface area contributed by atoms with Gasteiger partial charge in [0.2, 0.25) is 0 Å². The van der Waals surface area contributed by atoms with Crippen molar-refractivity contribution in [3.8, 4) is 6.07 Å². The van der Waals surface area contributed by atoms with Crippen LogP contribution in [-0.4, -0.2) is 33.0 Å². The molecule has 1 fully saturated rings. The molecule has 1 saturated heterocycles. The first-order valence-corrected chi connectivity index (χ1v) is 7.26. The second-order valence-corrected chi connectivity index (χ2v) is 5.32. The van der Waals surface area contributed by atoms with Gasteiger partial charge in [0, 0.05) is 30.7 Å². The lowest BCUT2D eigenvalue weighted by atomic mass is 10.1. The van der Waals surface area contributed by atoms with Gasteiger partial charge in [0.15, 0.2) is 0 Å². The van der Waals surface area contributed by atoms with Gasteiger partial charge in [-0.3, -0.25) is 0 Å². The molecule has 4 nitrogen and oxygen atoms in total. The highest BCUT2D eigenvalue weighted by molar-refractivity contribution is 6.30. The summed E-state index contributed by atoms with van der Waals surface area (Å²) in [5, 5.41) is 12.9. The number of hydrogen-bond acceptors (Lipinski definition) is 4. The summed E-state index contributed by atoms with van der Waals surface area (Å²) >= 11 is 5.92. The van der Waals surface area contributed by atoms with E-state index in [4.69, 9.17) is 26.3 Å². The van der Waals surface area contributed by atoms with E-state index in [0.717, 1.165) is 44.9 Å². The Kier molecular flexibility index (Phi) is 6.13. The fourth-order valence-electron chi connectivity index (χ4n) is 2.12. The highest BCUT2D eigenvalue weighted by Gasteiger charge is 2.15. The fraction of sp³-hybridized carbons (Fsp3) is 0.533. The zero-order valence-electron chi connectivity index (χ0n) is 11.4. The van der Waals surface area contributed by atoms with Gasteiger partial charge in [-0.1, -0.05) is 11.6 Å². The Morgan fingerprint density at radius 2 is 2.40 bits per heavy atom. The van der Waals surface area contributed by atoms with Crippen molar-refractivity contribution in [1.29, 1.82) is 5.26 Å². The van der Waals surface area contributed by atoms with Gasteiger partial charge in [-0.15, -0.1) is 0 Å². The summed E-state index contributed by atoms with van der Waals surface area (Å²) in [6.45, 7) is 3.94. The van der Waals surface area contributed by atoms with Crippen molar-refractivity contribution in [3.63, 3.8) is 0 Å². The first-order valence-electron chi connectivity index (χ1n) is 6.88. The Labute approximate surface area is 124 Å². The lowest BCUT2D eigenvalue weighted by Crippen LogP contribution is -2.12. The van der Waals surface area contributed by atoms with Crippen LogP contribution in [0.4, 0.5) is 5.69 Å². The Balaban J connectivity index is 1.63. The van der Waals surface area contributed by atoms with E-state index in [1.807, 2.05) is 0 Å². The van der Waals surface area contributed by atoms with Crippen LogP contribution in [0, 0.1) is 17.2 Å². The quantitative estimate of drug-likeness (QED) is 0.785. The topological polar surface area (TPSA) is 54.3 Å². The second-order valence-electron chi connectivity index (χ2n) is 4.89. The standard InChI is InChI=1S/C15H19ClN2O2/c16-14-3-2-13(9-17)15(8-14)18-5-1-6-19-10-12-4-7-20-11-12/h2-3,8,12,18H,1,4-7,10-11H2. The van der Waals surface area contributed by atoms with E-state index in [1.165, 1.54) is 0 Å². The monoisotopic (exact) mass is 294 g/mol. The van der Waals surface area contributed by atoms with Crippen molar-refractivity contribution in [1.82, 2.24) is 0 Å². The van der Waals surface area contributed by atoms with Gasteiger partial charge in [0.1, 0.15) is 6.07 Å². The second kappa shape index (κ2) is 8.11. The summed E-state index contributed by atoms with van der Waals surface area (Å²) < 4.78 is 10.9. The number of ether oxygens (including phenoxy) is 2. The highest BCUT2D eigenvalue weighted by atomic mass is 35.5. The van der Waals surface area contributed by atoms with Crippen molar-refractivity contribution in [2.75, 3.05) is 38.3 Å².